The molecule has 1 saturated heterocycles. The monoisotopic (exact) mass is 289 g/mol. The summed E-state index contributed by atoms with van der Waals surface area (Å²) in [6.07, 6.45) is 3.53. The predicted octanol–water partition coefficient (Wildman–Crippen LogP) is 2.19. The molecule has 1 unspecified atom stereocenters. The molecule has 2 aliphatic rings. The van der Waals surface area contributed by atoms with Crippen molar-refractivity contribution in [1.82, 2.24) is 4.90 Å². The second-order valence-corrected chi connectivity index (χ2v) is 6.65. The Balaban J connectivity index is 1.98. The van der Waals surface area contributed by atoms with Crippen LogP contribution in [0.5, 0.6) is 0 Å². The Morgan fingerprint density at radius 3 is 2.63 bits per heavy atom. The molecular weight excluding hydrogens is 266 g/mol. The lowest BCUT2D eigenvalue weighted by molar-refractivity contribution is -0.166. The number of morpholine rings is 1. The molecule has 19 heavy (non-hydrogen) atoms. The van der Waals surface area contributed by atoms with Gasteiger partial charge in [-0.3, -0.25) is 4.79 Å². The molecule has 110 valence electrons. The highest BCUT2D eigenvalue weighted by molar-refractivity contribution is 6.18. The normalized spacial score (nSPS) is 28.8. The minimum atomic E-state index is -0.326. The molecule has 1 aliphatic carbocycles. The molecule has 1 aliphatic heterocycles. The number of ether oxygens (including phenoxy) is 2. The second-order valence-electron chi connectivity index (χ2n) is 6.35. The Morgan fingerprint density at radius 1 is 1.47 bits per heavy atom. The van der Waals surface area contributed by atoms with Crippen molar-refractivity contribution in [2.75, 3.05) is 26.1 Å². The van der Waals surface area contributed by atoms with Gasteiger partial charge in [0.15, 0.2) is 0 Å². The van der Waals surface area contributed by atoms with E-state index in [2.05, 4.69) is 0 Å². The van der Waals surface area contributed by atoms with Crippen LogP contribution in [0.25, 0.3) is 0 Å². The zero-order valence-corrected chi connectivity index (χ0v) is 12.8. The molecule has 5 heteroatoms. The number of rotatable bonds is 4. The number of methoxy groups -OCH3 is 1. The number of amides is 1. The highest BCUT2D eigenvalue weighted by Crippen LogP contribution is 2.38. The van der Waals surface area contributed by atoms with Gasteiger partial charge in [0.05, 0.1) is 29.6 Å². The van der Waals surface area contributed by atoms with E-state index in [4.69, 9.17) is 21.1 Å². The van der Waals surface area contributed by atoms with Crippen LogP contribution in [0.4, 0.5) is 0 Å². The van der Waals surface area contributed by atoms with E-state index in [0.29, 0.717) is 25.4 Å². The Bertz CT molecular complexity index is 336. The van der Waals surface area contributed by atoms with Crippen LogP contribution in [-0.4, -0.2) is 54.2 Å². The predicted molar refractivity (Wildman–Crippen MR) is 74.5 cm³/mol. The van der Waals surface area contributed by atoms with Gasteiger partial charge >= 0.3 is 0 Å². The fourth-order valence-corrected chi connectivity index (χ4v) is 3.14. The molecule has 1 heterocycles. The number of carbonyl (C=O) groups is 1. The first-order chi connectivity index (χ1) is 8.90. The topological polar surface area (TPSA) is 38.8 Å². The summed E-state index contributed by atoms with van der Waals surface area (Å²) in [7, 11) is 1.71. The molecule has 0 bridgehead atoms. The molecule has 1 saturated carbocycles. The number of hydrogen-bond donors (Lipinski definition) is 0. The van der Waals surface area contributed by atoms with Crippen molar-refractivity contribution in [2.45, 2.75) is 56.8 Å². The highest BCUT2D eigenvalue weighted by Gasteiger charge is 2.42. The standard InChI is InChI=1S/C14H24ClNO3/c1-13(2)10-16(9-11(8-15)19-13)12(17)7-14(18-3)5-4-6-14/h11H,4-10H2,1-3H3. The van der Waals surface area contributed by atoms with Crippen molar-refractivity contribution >= 4 is 17.5 Å². The average Bonchev–Trinajstić information content (AvgIpc) is 2.31. The number of nitrogens with zero attached hydrogens (tertiary/aromatic N) is 1. The molecule has 2 fully saturated rings. The smallest absolute Gasteiger partial charge is 0.225 e. The quantitative estimate of drug-likeness (QED) is 0.745. The molecule has 0 aromatic rings. The van der Waals surface area contributed by atoms with Crippen molar-refractivity contribution < 1.29 is 14.3 Å². The van der Waals surface area contributed by atoms with Gasteiger partial charge < -0.3 is 14.4 Å². The molecule has 0 aromatic heterocycles. The van der Waals surface area contributed by atoms with Crippen LogP contribution in [0.15, 0.2) is 0 Å². The van der Waals surface area contributed by atoms with Crippen molar-refractivity contribution in [1.29, 1.82) is 0 Å². The van der Waals surface area contributed by atoms with Gasteiger partial charge in [0.1, 0.15) is 0 Å². The summed E-state index contributed by atoms with van der Waals surface area (Å²) in [5.74, 6) is 0.580. The highest BCUT2D eigenvalue weighted by atomic mass is 35.5. The van der Waals surface area contributed by atoms with E-state index < -0.39 is 0 Å². The Kier molecular flexibility index (Phi) is 4.43. The van der Waals surface area contributed by atoms with Gasteiger partial charge in [-0.25, -0.2) is 0 Å². The first-order valence-electron chi connectivity index (χ1n) is 6.96. The fourth-order valence-electron chi connectivity index (χ4n) is 2.98. The summed E-state index contributed by atoms with van der Waals surface area (Å²) in [5.41, 5.74) is -0.538. The van der Waals surface area contributed by atoms with Crippen LogP contribution >= 0.6 is 11.6 Å². The van der Waals surface area contributed by atoms with E-state index in [1.807, 2.05) is 18.7 Å². The molecule has 1 amide bonds. The van der Waals surface area contributed by atoms with Crippen molar-refractivity contribution in [3.8, 4) is 0 Å². The minimum Gasteiger partial charge on any atom is -0.378 e. The summed E-state index contributed by atoms with van der Waals surface area (Å²) < 4.78 is 11.4. The largest absolute Gasteiger partial charge is 0.378 e. The lowest BCUT2D eigenvalue weighted by Gasteiger charge is -2.45. The average molecular weight is 290 g/mol. The third-order valence-corrected chi connectivity index (χ3v) is 4.52. The van der Waals surface area contributed by atoms with E-state index in [1.165, 1.54) is 0 Å². The van der Waals surface area contributed by atoms with E-state index >= 15 is 0 Å². The van der Waals surface area contributed by atoms with Gasteiger partial charge in [-0.15, -0.1) is 11.6 Å². The van der Waals surface area contributed by atoms with Crippen LogP contribution in [0, 0.1) is 0 Å². The third-order valence-electron chi connectivity index (χ3n) is 4.18. The molecule has 4 nitrogen and oxygen atoms in total. The Labute approximate surface area is 120 Å². The van der Waals surface area contributed by atoms with Crippen LogP contribution < -0.4 is 0 Å². The maximum atomic E-state index is 12.5. The molecular formula is C14H24ClNO3. The summed E-state index contributed by atoms with van der Waals surface area (Å²) in [6, 6.07) is 0. The summed E-state index contributed by atoms with van der Waals surface area (Å²) in [5, 5.41) is 0. The Morgan fingerprint density at radius 2 is 2.16 bits per heavy atom. The maximum absolute atomic E-state index is 12.5. The Hall–Kier alpha value is -0.320. The van der Waals surface area contributed by atoms with Crippen molar-refractivity contribution in [3.05, 3.63) is 0 Å². The van der Waals surface area contributed by atoms with Crippen LogP contribution in [0.3, 0.4) is 0 Å². The molecule has 1 atom stereocenters. The molecule has 0 N–H and O–H groups in total. The maximum Gasteiger partial charge on any atom is 0.225 e. The SMILES string of the molecule is COC1(CC(=O)N2CC(CCl)OC(C)(C)C2)CCC1. The summed E-state index contributed by atoms with van der Waals surface area (Å²) in [4.78, 5) is 14.3. The number of alkyl halides is 1. The van der Waals surface area contributed by atoms with E-state index in [9.17, 15) is 4.79 Å². The number of halogens is 1. The van der Waals surface area contributed by atoms with Crippen molar-refractivity contribution in [3.63, 3.8) is 0 Å². The molecule has 0 radical (unpaired) electrons. The first-order valence-corrected chi connectivity index (χ1v) is 7.50. The fraction of sp³-hybridized carbons (Fsp3) is 0.929. The van der Waals surface area contributed by atoms with Crippen LogP contribution in [-0.2, 0) is 14.3 Å². The lowest BCUT2D eigenvalue weighted by Crippen LogP contribution is -2.56. The first kappa shape index (κ1) is 15.1. The number of hydrogen-bond acceptors (Lipinski definition) is 3. The van der Waals surface area contributed by atoms with Gasteiger partial charge in [-0.05, 0) is 33.1 Å². The molecule has 0 spiro atoms. The van der Waals surface area contributed by atoms with Gasteiger partial charge in [0, 0.05) is 20.2 Å². The van der Waals surface area contributed by atoms with Crippen LogP contribution in [0.2, 0.25) is 0 Å². The summed E-state index contributed by atoms with van der Waals surface area (Å²) >= 11 is 5.89. The van der Waals surface area contributed by atoms with Crippen LogP contribution in [0.1, 0.15) is 39.5 Å². The second kappa shape index (κ2) is 5.58. The van der Waals surface area contributed by atoms with E-state index in [1.54, 1.807) is 7.11 Å². The van der Waals surface area contributed by atoms with E-state index in [-0.39, 0.29) is 23.2 Å². The van der Waals surface area contributed by atoms with Gasteiger partial charge in [0.25, 0.3) is 0 Å². The third kappa shape index (κ3) is 3.41. The van der Waals surface area contributed by atoms with E-state index in [0.717, 1.165) is 19.3 Å². The number of carbonyl (C=O) groups excluding carboxylic acids is 1. The van der Waals surface area contributed by atoms with Gasteiger partial charge in [-0.2, -0.15) is 0 Å². The zero-order chi connectivity index (χ0) is 14.1. The van der Waals surface area contributed by atoms with Gasteiger partial charge in [-0.1, -0.05) is 0 Å². The van der Waals surface area contributed by atoms with Gasteiger partial charge in [0.2, 0.25) is 5.91 Å². The minimum absolute atomic E-state index is 0.0748. The molecule has 2 rings (SSSR count). The zero-order valence-electron chi connectivity index (χ0n) is 12.1. The lowest BCUT2D eigenvalue weighted by atomic mass is 9.77. The summed E-state index contributed by atoms with van der Waals surface area (Å²) in [6.45, 7) is 5.22. The van der Waals surface area contributed by atoms with Crippen molar-refractivity contribution in [2.24, 2.45) is 0 Å². The molecule has 0 aromatic carbocycles.